The van der Waals surface area contributed by atoms with Crippen molar-refractivity contribution in [2.45, 2.75) is 43.1 Å². The summed E-state index contributed by atoms with van der Waals surface area (Å²) in [5.74, 6) is -0.372. The molecule has 0 aliphatic carbocycles. The van der Waals surface area contributed by atoms with Crippen LogP contribution in [0.4, 0.5) is 0 Å². The molecular formula is C19H23NO2S. The molecule has 0 bridgehead atoms. The predicted octanol–water partition coefficient (Wildman–Crippen LogP) is 4.11. The number of carbonyl (C=O) groups excluding carboxylic acids is 1. The van der Waals surface area contributed by atoms with Crippen LogP contribution in [0.15, 0.2) is 59.5 Å². The van der Waals surface area contributed by atoms with Crippen LogP contribution in [0.3, 0.4) is 0 Å². The van der Waals surface area contributed by atoms with Crippen molar-refractivity contribution in [3.8, 4) is 0 Å². The van der Waals surface area contributed by atoms with Gasteiger partial charge in [-0.1, -0.05) is 48.0 Å². The number of hydrogen-bond donors (Lipinski definition) is 1. The van der Waals surface area contributed by atoms with Crippen LogP contribution in [0.2, 0.25) is 0 Å². The molecule has 2 N–H and O–H groups in total. The second-order valence-electron chi connectivity index (χ2n) is 5.69. The third-order valence-corrected chi connectivity index (χ3v) is 4.97. The molecule has 2 rings (SSSR count). The van der Waals surface area contributed by atoms with Crippen molar-refractivity contribution in [1.82, 2.24) is 0 Å². The van der Waals surface area contributed by atoms with Gasteiger partial charge in [0.05, 0.1) is 5.25 Å². The second kappa shape index (κ2) is 8.18. The van der Waals surface area contributed by atoms with E-state index in [-0.39, 0.29) is 17.3 Å². The van der Waals surface area contributed by atoms with Crippen molar-refractivity contribution >= 4 is 17.7 Å². The van der Waals surface area contributed by atoms with Gasteiger partial charge in [0, 0.05) is 4.90 Å². The number of esters is 1. The highest BCUT2D eigenvalue weighted by atomic mass is 32.2. The van der Waals surface area contributed by atoms with E-state index in [2.05, 4.69) is 43.3 Å². The van der Waals surface area contributed by atoms with Crippen LogP contribution >= 0.6 is 11.8 Å². The molecule has 0 radical (unpaired) electrons. The lowest BCUT2D eigenvalue weighted by Gasteiger charge is -2.25. The van der Waals surface area contributed by atoms with Crippen molar-refractivity contribution in [3.05, 3.63) is 65.7 Å². The summed E-state index contributed by atoms with van der Waals surface area (Å²) in [6, 6.07) is 17.8. The molecule has 3 atom stereocenters. The standard InChI is InChI=1S/C19H23NO2S/c1-13-9-11-17(12-10-13)23-18(16-7-5-4-6-8-16)15(3)22-19(21)14(2)20/h4-12,14-15,18H,20H2,1-3H3/t14-,15-,18-/m0/s1. The second-order valence-corrected chi connectivity index (χ2v) is 6.91. The van der Waals surface area contributed by atoms with E-state index < -0.39 is 6.04 Å². The Hall–Kier alpha value is -1.78. The highest BCUT2D eigenvalue weighted by Gasteiger charge is 2.25. The molecule has 0 aliphatic rings. The molecule has 122 valence electrons. The molecule has 0 saturated carbocycles. The van der Waals surface area contributed by atoms with Crippen molar-refractivity contribution in [3.63, 3.8) is 0 Å². The molecule has 2 aromatic carbocycles. The smallest absolute Gasteiger partial charge is 0.322 e. The molecule has 0 unspecified atom stereocenters. The number of ether oxygens (including phenoxy) is 1. The third-order valence-electron chi connectivity index (χ3n) is 3.51. The lowest BCUT2D eigenvalue weighted by molar-refractivity contribution is -0.149. The van der Waals surface area contributed by atoms with E-state index in [1.807, 2.05) is 25.1 Å². The van der Waals surface area contributed by atoms with Crippen molar-refractivity contribution < 1.29 is 9.53 Å². The summed E-state index contributed by atoms with van der Waals surface area (Å²) < 4.78 is 5.54. The number of carbonyl (C=O) groups is 1. The molecule has 0 aliphatic heterocycles. The van der Waals surface area contributed by atoms with E-state index in [0.717, 1.165) is 10.5 Å². The molecule has 0 heterocycles. The first kappa shape index (κ1) is 17.6. The van der Waals surface area contributed by atoms with Gasteiger partial charge in [0.2, 0.25) is 0 Å². The monoisotopic (exact) mass is 329 g/mol. The van der Waals surface area contributed by atoms with Crippen LogP contribution in [0.5, 0.6) is 0 Å². The normalized spacial score (nSPS) is 14.8. The summed E-state index contributed by atoms with van der Waals surface area (Å²) in [7, 11) is 0. The van der Waals surface area contributed by atoms with E-state index in [4.69, 9.17) is 10.5 Å². The van der Waals surface area contributed by atoms with Gasteiger partial charge in [-0.2, -0.15) is 0 Å². The number of hydrogen-bond acceptors (Lipinski definition) is 4. The Balaban J connectivity index is 2.21. The Bertz CT molecular complexity index is 626. The average molecular weight is 329 g/mol. The molecule has 2 aromatic rings. The molecule has 0 amide bonds. The topological polar surface area (TPSA) is 52.3 Å². The molecule has 4 heteroatoms. The number of rotatable bonds is 6. The Morgan fingerprint density at radius 2 is 1.65 bits per heavy atom. The largest absolute Gasteiger partial charge is 0.460 e. The Kier molecular flexibility index (Phi) is 6.25. The summed E-state index contributed by atoms with van der Waals surface area (Å²) in [5, 5.41) is 0.0154. The van der Waals surface area contributed by atoms with Gasteiger partial charge in [-0.3, -0.25) is 4.79 Å². The molecule has 23 heavy (non-hydrogen) atoms. The first-order valence-corrected chi connectivity index (χ1v) is 8.59. The first-order chi connectivity index (χ1) is 11.0. The van der Waals surface area contributed by atoms with Crippen LogP contribution in [0, 0.1) is 6.92 Å². The first-order valence-electron chi connectivity index (χ1n) is 7.71. The summed E-state index contributed by atoms with van der Waals surface area (Å²) >= 11 is 1.69. The van der Waals surface area contributed by atoms with E-state index in [1.54, 1.807) is 18.7 Å². The number of nitrogens with two attached hydrogens (primary N) is 1. The van der Waals surface area contributed by atoms with E-state index in [9.17, 15) is 4.79 Å². The van der Waals surface area contributed by atoms with Gasteiger partial charge in [-0.05, 0) is 38.5 Å². The predicted molar refractivity (Wildman–Crippen MR) is 95.4 cm³/mol. The van der Waals surface area contributed by atoms with Crippen molar-refractivity contribution in [1.29, 1.82) is 0 Å². The minimum Gasteiger partial charge on any atom is -0.460 e. The van der Waals surface area contributed by atoms with Gasteiger partial charge in [-0.15, -0.1) is 11.8 Å². The van der Waals surface area contributed by atoms with Gasteiger partial charge >= 0.3 is 5.97 Å². The summed E-state index contributed by atoms with van der Waals surface area (Å²) in [6.07, 6.45) is -0.276. The van der Waals surface area contributed by atoms with Gasteiger partial charge < -0.3 is 10.5 Å². The van der Waals surface area contributed by atoms with Gasteiger partial charge in [0.1, 0.15) is 12.1 Å². The van der Waals surface area contributed by atoms with Crippen molar-refractivity contribution in [2.24, 2.45) is 5.73 Å². The number of aryl methyl sites for hydroxylation is 1. The highest BCUT2D eigenvalue weighted by Crippen LogP contribution is 2.39. The van der Waals surface area contributed by atoms with Crippen LogP contribution in [0.25, 0.3) is 0 Å². The van der Waals surface area contributed by atoms with Crippen LogP contribution in [0.1, 0.15) is 30.2 Å². The zero-order valence-electron chi connectivity index (χ0n) is 13.7. The maximum Gasteiger partial charge on any atom is 0.322 e. The lowest BCUT2D eigenvalue weighted by atomic mass is 10.1. The maximum absolute atomic E-state index is 11.8. The molecule has 0 saturated heterocycles. The minimum atomic E-state index is -0.613. The SMILES string of the molecule is Cc1ccc(S[C@H](c2ccccc2)[C@H](C)OC(=O)[C@H](C)N)cc1. The lowest BCUT2D eigenvalue weighted by Crippen LogP contribution is -2.33. The Labute approximate surface area is 142 Å². The van der Waals surface area contributed by atoms with E-state index in [1.165, 1.54) is 5.56 Å². The third kappa shape index (κ3) is 5.12. The fourth-order valence-electron chi connectivity index (χ4n) is 2.19. The molecular weight excluding hydrogens is 306 g/mol. The van der Waals surface area contributed by atoms with E-state index >= 15 is 0 Å². The fourth-order valence-corrected chi connectivity index (χ4v) is 3.32. The number of thioether (sulfide) groups is 1. The zero-order chi connectivity index (χ0) is 16.8. The summed E-state index contributed by atoms with van der Waals surface area (Å²) in [4.78, 5) is 13.0. The molecule has 3 nitrogen and oxygen atoms in total. The summed E-state index contributed by atoms with van der Waals surface area (Å²) in [5.41, 5.74) is 7.96. The Morgan fingerprint density at radius 1 is 1.04 bits per heavy atom. The molecule has 0 aromatic heterocycles. The van der Waals surface area contributed by atoms with E-state index in [0.29, 0.717) is 0 Å². The summed E-state index contributed by atoms with van der Waals surface area (Å²) in [6.45, 7) is 5.62. The van der Waals surface area contributed by atoms with Gasteiger partial charge in [0.15, 0.2) is 0 Å². The van der Waals surface area contributed by atoms with Gasteiger partial charge in [0.25, 0.3) is 0 Å². The number of benzene rings is 2. The molecule has 0 spiro atoms. The van der Waals surface area contributed by atoms with Crippen molar-refractivity contribution in [2.75, 3.05) is 0 Å². The fraction of sp³-hybridized carbons (Fsp3) is 0.316. The van der Waals surface area contributed by atoms with Gasteiger partial charge in [-0.25, -0.2) is 0 Å². The quantitative estimate of drug-likeness (QED) is 0.640. The highest BCUT2D eigenvalue weighted by molar-refractivity contribution is 7.99. The Morgan fingerprint density at radius 3 is 2.22 bits per heavy atom. The van der Waals surface area contributed by atoms with Crippen LogP contribution in [-0.2, 0) is 9.53 Å². The maximum atomic E-state index is 11.8. The molecule has 0 fully saturated rings. The van der Waals surface area contributed by atoms with Crippen LogP contribution in [-0.4, -0.2) is 18.1 Å². The average Bonchev–Trinajstić information content (AvgIpc) is 2.54. The zero-order valence-corrected chi connectivity index (χ0v) is 14.5. The van der Waals surface area contributed by atoms with Crippen LogP contribution < -0.4 is 5.73 Å². The minimum absolute atomic E-state index is 0.0154.